The Labute approximate surface area is 238 Å². The highest BCUT2D eigenvalue weighted by Crippen LogP contribution is 2.61. The number of aliphatic hydroxyl groups is 1. The molecule has 2 aliphatic rings. The molecule has 2 aromatic rings. The first-order valence-corrected chi connectivity index (χ1v) is 13.0. The monoisotopic (exact) mass is 572 g/mol. The van der Waals surface area contributed by atoms with Crippen molar-refractivity contribution < 1.29 is 52.6 Å². The van der Waals surface area contributed by atoms with Crippen LogP contribution in [0, 0.1) is 5.92 Å². The van der Waals surface area contributed by atoms with Crippen LogP contribution < -0.4 is 28.4 Å². The van der Waals surface area contributed by atoms with E-state index >= 15 is 0 Å². The van der Waals surface area contributed by atoms with Crippen molar-refractivity contribution in [3.8, 4) is 45.6 Å². The van der Waals surface area contributed by atoms with E-state index in [0.29, 0.717) is 39.3 Å². The molecule has 1 heterocycles. The zero-order chi connectivity index (χ0) is 30.2. The summed E-state index contributed by atoms with van der Waals surface area (Å²) in [4.78, 5) is 25.7. The number of hydrogen-bond donors (Lipinski definition) is 1. The highest BCUT2D eigenvalue weighted by atomic mass is 16.7. The van der Waals surface area contributed by atoms with Crippen LogP contribution in [0.3, 0.4) is 0 Å². The molecule has 0 aromatic heterocycles. The Morgan fingerprint density at radius 1 is 0.927 bits per heavy atom. The van der Waals surface area contributed by atoms with Crippen LogP contribution >= 0.6 is 0 Å². The minimum absolute atomic E-state index is 0.0567. The molecule has 0 saturated carbocycles. The summed E-state index contributed by atoms with van der Waals surface area (Å²) >= 11 is 0. The third-order valence-corrected chi connectivity index (χ3v) is 7.73. The zero-order valence-corrected chi connectivity index (χ0v) is 24.7. The Hall–Kier alpha value is -4.12. The zero-order valence-electron chi connectivity index (χ0n) is 24.7. The molecule has 4 rings (SSSR count). The Bertz CT molecular complexity index is 1390. The van der Waals surface area contributed by atoms with Crippen LogP contribution in [0.2, 0.25) is 0 Å². The minimum Gasteiger partial charge on any atom is -0.493 e. The fraction of sp³-hybridized carbons (Fsp3) is 0.467. The summed E-state index contributed by atoms with van der Waals surface area (Å²) in [6, 6.07) is 3.32. The molecule has 1 N–H and O–H groups in total. The van der Waals surface area contributed by atoms with Gasteiger partial charge in [-0.05, 0) is 32.9 Å². The molecule has 4 unspecified atom stereocenters. The van der Waals surface area contributed by atoms with Gasteiger partial charge < -0.3 is 43.0 Å². The molecule has 222 valence electrons. The average molecular weight is 573 g/mol. The number of hydrogen-bond acceptors (Lipinski definition) is 11. The van der Waals surface area contributed by atoms with E-state index in [2.05, 4.69) is 0 Å². The van der Waals surface area contributed by atoms with Gasteiger partial charge in [-0.2, -0.15) is 0 Å². The van der Waals surface area contributed by atoms with E-state index in [1.807, 2.05) is 0 Å². The number of ether oxygens (including phenoxy) is 8. The van der Waals surface area contributed by atoms with Crippen molar-refractivity contribution in [1.29, 1.82) is 0 Å². The van der Waals surface area contributed by atoms with Crippen molar-refractivity contribution in [3.63, 3.8) is 0 Å². The van der Waals surface area contributed by atoms with Crippen molar-refractivity contribution in [1.82, 2.24) is 0 Å². The van der Waals surface area contributed by atoms with Gasteiger partial charge in [0, 0.05) is 40.7 Å². The van der Waals surface area contributed by atoms with E-state index in [1.165, 1.54) is 42.3 Å². The van der Waals surface area contributed by atoms with Gasteiger partial charge in [-0.1, -0.05) is 13.0 Å². The lowest BCUT2D eigenvalue weighted by Crippen LogP contribution is -2.46. The number of allylic oxidation sites excluding steroid dienone is 1. The van der Waals surface area contributed by atoms with Gasteiger partial charge in [-0.25, -0.2) is 4.79 Å². The third-order valence-electron chi connectivity index (χ3n) is 7.73. The molecule has 1 aliphatic carbocycles. The summed E-state index contributed by atoms with van der Waals surface area (Å²) in [5.41, 5.74) is 0.105. The van der Waals surface area contributed by atoms with Crippen LogP contribution in [-0.2, 0) is 19.1 Å². The Kier molecular flexibility index (Phi) is 8.30. The summed E-state index contributed by atoms with van der Waals surface area (Å²) in [6.07, 6.45) is -0.735. The van der Waals surface area contributed by atoms with Gasteiger partial charge >= 0.3 is 11.9 Å². The van der Waals surface area contributed by atoms with E-state index in [4.69, 9.17) is 37.9 Å². The molecule has 11 nitrogen and oxygen atoms in total. The fourth-order valence-corrected chi connectivity index (χ4v) is 5.32. The average Bonchev–Trinajstić information content (AvgIpc) is 3.43. The highest BCUT2D eigenvalue weighted by Gasteiger charge is 2.51. The van der Waals surface area contributed by atoms with E-state index in [0.717, 1.165) is 0 Å². The van der Waals surface area contributed by atoms with Gasteiger partial charge in [0.15, 0.2) is 29.1 Å². The molecule has 0 spiro atoms. The van der Waals surface area contributed by atoms with E-state index in [9.17, 15) is 14.7 Å². The number of carbonyl (C=O) groups is 2. The molecule has 4 atom stereocenters. The second kappa shape index (κ2) is 11.4. The second-order valence-electron chi connectivity index (χ2n) is 10.0. The quantitative estimate of drug-likeness (QED) is 0.367. The molecular weight excluding hydrogens is 536 g/mol. The standard InChI is InChI=1S/C30H36O11/c1-10-14(2)29(32)41-28-18-12-19(34-6)24(35-7)26(36-8)22(18)21-17(11-20-25(27(21)37-9)39-13-38-20)23(40-16(4)31)15(3)30(28,5)33/h10-12,15,23,28,33H,13H2,1-9H3. The first-order chi connectivity index (χ1) is 19.5. The summed E-state index contributed by atoms with van der Waals surface area (Å²) in [7, 11) is 5.84. The van der Waals surface area contributed by atoms with E-state index in [-0.39, 0.29) is 29.8 Å². The largest absolute Gasteiger partial charge is 0.493 e. The van der Waals surface area contributed by atoms with Crippen molar-refractivity contribution in [2.45, 2.75) is 52.4 Å². The number of esters is 2. The van der Waals surface area contributed by atoms with Gasteiger partial charge in [0.05, 0.1) is 28.4 Å². The summed E-state index contributed by atoms with van der Waals surface area (Å²) in [6.45, 7) is 7.78. The molecule has 0 amide bonds. The smallest absolute Gasteiger partial charge is 0.334 e. The molecule has 0 saturated heterocycles. The van der Waals surface area contributed by atoms with Gasteiger partial charge in [0.25, 0.3) is 0 Å². The molecule has 1 aliphatic heterocycles. The van der Waals surface area contributed by atoms with Crippen LogP contribution in [-0.4, -0.2) is 57.9 Å². The summed E-state index contributed by atoms with van der Waals surface area (Å²) in [5, 5.41) is 12.3. The number of methoxy groups -OCH3 is 4. The molecular formula is C30H36O11. The lowest BCUT2D eigenvalue weighted by atomic mass is 9.71. The summed E-state index contributed by atoms with van der Waals surface area (Å²) < 4.78 is 46.6. The third kappa shape index (κ3) is 4.88. The maximum atomic E-state index is 13.2. The normalized spacial score (nSPS) is 22.9. The number of benzene rings is 2. The van der Waals surface area contributed by atoms with Crippen molar-refractivity contribution in [2.24, 2.45) is 5.92 Å². The summed E-state index contributed by atoms with van der Waals surface area (Å²) in [5.74, 6) is -0.373. The van der Waals surface area contributed by atoms with Crippen molar-refractivity contribution in [3.05, 3.63) is 34.9 Å². The maximum absolute atomic E-state index is 13.2. The van der Waals surface area contributed by atoms with Gasteiger partial charge in [-0.15, -0.1) is 0 Å². The van der Waals surface area contributed by atoms with Crippen LogP contribution in [0.4, 0.5) is 0 Å². The first-order valence-electron chi connectivity index (χ1n) is 13.0. The van der Waals surface area contributed by atoms with Gasteiger partial charge in [0.2, 0.25) is 18.3 Å². The van der Waals surface area contributed by atoms with Gasteiger partial charge in [-0.3, -0.25) is 4.79 Å². The Morgan fingerprint density at radius 2 is 1.56 bits per heavy atom. The lowest BCUT2D eigenvalue weighted by molar-refractivity contribution is -0.182. The SMILES string of the molecule is CC=C(C)C(=O)OC1c2cc(OC)c(OC)c(OC)c2-c2c(cc3c(c2OC)OCO3)C(OC(C)=O)C(C)C1(C)O. The predicted octanol–water partition coefficient (Wildman–Crippen LogP) is 4.67. The number of rotatable bonds is 7. The molecule has 0 radical (unpaired) electrons. The van der Waals surface area contributed by atoms with E-state index in [1.54, 1.807) is 39.0 Å². The first kappa shape index (κ1) is 29.9. The van der Waals surface area contributed by atoms with E-state index < -0.39 is 35.7 Å². The second-order valence-corrected chi connectivity index (χ2v) is 10.0. The van der Waals surface area contributed by atoms with Crippen molar-refractivity contribution in [2.75, 3.05) is 35.2 Å². The van der Waals surface area contributed by atoms with Gasteiger partial charge in [0.1, 0.15) is 11.7 Å². The fourth-order valence-electron chi connectivity index (χ4n) is 5.32. The predicted molar refractivity (Wildman–Crippen MR) is 147 cm³/mol. The Morgan fingerprint density at radius 3 is 2.12 bits per heavy atom. The lowest BCUT2D eigenvalue weighted by Gasteiger charge is -2.43. The van der Waals surface area contributed by atoms with Crippen LogP contribution in [0.5, 0.6) is 34.5 Å². The Balaban J connectivity index is 2.25. The van der Waals surface area contributed by atoms with Crippen LogP contribution in [0.25, 0.3) is 11.1 Å². The van der Waals surface area contributed by atoms with Crippen LogP contribution in [0.1, 0.15) is 58.0 Å². The maximum Gasteiger partial charge on any atom is 0.334 e. The molecule has 0 bridgehead atoms. The number of carbonyl (C=O) groups excluding carboxylic acids is 2. The van der Waals surface area contributed by atoms with Crippen LogP contribution in [0.15, 0.2) is 23.8 Å². The topological polar surface area (TPSA) is 128 Å². The number of fused-ring (bicyclic) bond motifs is 4. The minimum atomic E-state index is -1.80. The molecule has 2 aromatic carbocycles. The molecule has 41 heavy (non-hydrogen) atoms. The van der Waals surface area contributed by atoms with Crippen molar-refractivity contribution >= 4 is 11.9 Å². The highest BCUT2D eigenvalue weighted by molar-refractivity contribution is 5.91. The molecule has 0 fully saturated rings. The molecule has 11 heteroatoms.